The molecule has 0 radical (unpaired) electrons. The molecule has 0 aliphatic carbocycles. The molecule has 24 heavy (non-hydrogen) atoms. The number of nitrogens with zero attached hydrogens (tertiary/aromatic N) is 1. The van der Waals surface area contributed by atoms with Gasteiger partial charge >= 0.3 is 0 Å². The van der Waals surface area contributed by atoms with Gasteiger partial charge in [0.2, 0.25) is 6.43 Å². The van der Waals surface area contributed by atoms with E-state index < -0.39 is 6.43 Å². The summed E-state index contributed by atoms with van der Waals surface area (Å²) in [6.07, 6.45) is 11.5. The maximum absolute atomic E-state index is 12.9. The van der Waals surface area contributed by atoms with Crippen molar-refractivity contribution in [3.63, 3.8) is 0 Å². The van der Waals surface area contributed by atoms with E-state index in [1.54, 1.807) is 0 Å². The van der Waals surface area contributed by atoms with Crippen LogP contribution in [0.25, 0.3) is 0 Å². The molecular weight excluding hydrogens is 308 g/mol. The van der Waals surface area contributed by atoms with Crippen LogP contribution in [0.15, 0.2) is 0 Å². The average molecular weight is 348 g/mol. The predicted molar refractivity (Wildman–Crippen MR) is 97.9 cm³/mol. The molecule has 0 bridgehead atoms. The van der Waals surface area contributed by atoms with Gasteiger partial charge < -0.3 is 4.74 Å². The van der Waals surface area contributed by atoms with Gasteiger partial charge in [0.25, 0.3) is 0 Å². The highest BCUT2D eigenvalue weighted by atomic mass is 19.3. The van der Waals surface area contributed by atoms with Gasteiger partial charge in [0.15, 0.2) is 0 Å². The summed E-state index contributed by atoms with van der Waals surface area (Å²) >= 11 is 0. The first-order valence-electron chi connectivity index (χ1n) is 10.3. The predicted octanol–water partition coefficient (Wildman–Crippen LogP) is 6.04. The number of hydrogen-bond acceptors (Lipinski definition) is 2. The average Bonchev–Trinajstić information content (AvgIpc) is 2.57. The van der Waals surface area contributed by atoms with E-state index in [1.165, 1.54) is 57.8 Å². The largest absolute Gasteiger partial charge is 0.378 e. The second-order valence-electron chi connectivity index (χ2n) is 7.30. The summed E-state index contributed by atoms with van der Waals surface area (Å²) < 4.78 is 31.3. The van der Waals surface area contributed by atoms with E-state index in [0.29, 0.717) is 19.3 Å². The molecule has 1 saturated heterocycles. The lowest BCUT2D eigenvalue weighted by Crippen LogP contribution is -2.51. The van der Waals surface area contributed by atoms with E-state index in [2.05, 4.69) is 18.7 Å². The zero-order chi connectivity index (χ0) is 17.6. The molecule has 0 spiro atoms. The normalized spacial score (nSPS) is 20.6. The molecule has 0 amide bonds. The Morgan fingerprint density at radius 1 is 0.917 bits per heavy atom. The molecule has 1 unspecified atom stereocenters. The minimum absolute atomic E-state index is 0.0404. The first-order chi connectivity index (χ1) is 11.7. The molecule has 1 fully saturated rings. The number of halogens is 2. The Morgan fingerprint density at radius 3 is 2.08 bits per heavy atom. The summed E-state index contributed by atoms with van der Waals surface area (Å²) in [7, 11) is 0. The number of morpholine rings is 1. The second kappa shape index (κ2) is 14.0. The van der Waals surface area contributed by atoms with Gasteiger partial charge in [0.05, 0.1) is 13.2 Å². The molecule has 144 valence electrons. The Labute approximate surface area is 148 Å². The summed E-state index contributed by atoms with van der Waals surface area (Å²) in [6, 6.07) is 0.377. The van der Waals surface area contributed by atoms with Gasteiger partial charge in [-0.25, -0.2) is 8.78 Å². The molecule has 0 aromatic heterocycles. The highest BCUT2D eigenvalue weighted by Gasteiger charge is 2.30. The molecule has 0 aromatic rings. The van der Waals surface area contributed by atoms with Crippen molar-refractivity contribution in [2.24, 2.45) is 0 Å². The minimum Gasteiger partial charge on any atom is -0.378 e. The topological polar surface area (TPSA) is 12.5 Å². The molecule has 1 heterocycles. The minimum atomic E-state index is -2.23. The van der Waals surface area contributed by atoms with Crippen LogP contribution in [0.1, 0.15) is 90.9 Å². The van der Waals surface area contributed by atoms with Crippen molar-refractivity contribution in [1.29, 1.82) is 0 Å². The Bertz CT molecular complexity index is 289. The number of ether oxygens (including phenoxy) is 1. The Morgan fingerprint density at radius 2 is 1.50 bits per heavy atom. The molecule has 2 atom stereocenters. The third-order valence-electron chi connectivity index (χ3n) is 5.22. The smallest absolute Gasteiger partial charge is 0.240 e. The highest BCUT2D eigenvalue weighted by molar-refractivity contribution is 4.83. The fourth-order valence-corrected chi connectivity index (χ4v) is 3.82. The van der Waals surface area contributed by atoms with Gasteiger partial charge in [-0.2, -0.15) is 0 Å². The van der Waals surface area contributed by atoms with Crippen molar-refractivity contribution in [2.75, 3.05) is 19.8 Å². The molecular formula is C20H39F2NO. The first-order valence-corrected chi connectivity index (χ1v) is 10.3. The summed E-state index contributed by atoms with van der Waals surface area (Å²) in [5.74, 6) is 0. The van der Waals surface area contributed by atoms with E-state index in [9.17, 15) is 8.78 Å². The van der Waals surface area contributed by atoms with Crippen LogP contribution in [0.5, 0.6) is 0 Å². The SMILES string of the molecule is CCCCCCCC(CCCCCC)N1CCOC[C@@H]1CC(F)F. The molecule has 4 heteroatoms. The van der Waals surface area contributed by atoms with Crippen molar-refractivity contribution in [2.45, 2.75) is 109 Å². The van der Waals surface area contributed by atoms with Crippen LogP contribution >= 0.6 is 0 Å². The van der Waals surface area contributed by atoms with Gasteiger partial charge in [0, 0.05) is 25.0 Å². The molecule has 1 aliphatic heterocycles. The zero-order valence-electron chi connectivity index (χ0n) is 16.0. The van der Waals surface area contributed by atoms with Crippen molar-refractivity contribution < 1.29 is 13.5 Å². The van der Waals surface area contributed by atoms with Gasteiger partial charge in [-0.1, -0.05) is 71.6 Å². The maximum Gasteiger partial charge on any atom is 0.240 e. The monoisotopic (exact) mass is 347 g/mol. The Hall–Kier alpha value is -0.220. The van der Waals surface area contributed by atoms with E-state index in [0.717, 1.165) is 19.4 Å². The van der Waals surface area contributed by atoms with Crippen molar-refractivity contribution in [1.82, 2.24) is 4.90 Å². The Balaban J connectivity index is 2.51. The van der Waals surface area contributed by atoms with Crippen molar-refractivity contribution >= 4 is 0 Å². The number of rotatable bonds is 14. The van der Waals surface area contributed by atoms with Crippen LogP contribution in [-0.4, -0.2) is 43.2 Å². The number of hydrogen-bond donors (Lipinski definition) is 0. The standard InChI is InChI=1S/C20H39F2NO/c1-3-5-7-9-11-13-18(12-10-8-6-4-2)23-14-15-24-17-19(23)16-20(21)22/h18-20H,3-17H2,1-2H3/t18?,19-/m0/s1. The van der Waals surface area contributed by atoms with Crippen LogP contribution in [-0.2, 0) is 4.74 Å². The fraction of sp³-hybridized carbons (Fsp3) is 1.00. The van der Waals surface area contributed by atoms with E-state index in [-0.39, 0.29) is 12.5 Å². The first kappa shape index (κ1) is 21.8. The highest BCUT2D eigenvalue weighted by Crippen LogP contribution is 2.24. The Kier molecular flexibility index (Phi) is 12.7. The third kappa shape index (κ3) is 9.31. The van der Waals surface area contributed by atoms with Crippen LogP contribution < -0.4 is 0 Å². The molecule has 1 rings (SSSR count). The zero-order valence-corrected chi connectivity index (χ0v) is 16.0. The lowest BCUT2D eigenvalue weighted by Gasteiger charge is -2.41. The summed E-state index contributed by atoms with van der Waals surface area (Å²) in [5, 5.41) is 0. The quantitative estimate of drug-likeness (QED) is 0.355. The molecule has 2 nitrogen and oxygen atoms in total. The van der Waals surface area contributed by atoms with Gasteiger partial charge in [0.1, 0.15) is 0 Å². The van der Waals surface area contributed by atoms with Crippen LogP contribution in [0.2, 0.25) is 0 Å². The van der Waals surface area contributed by atoms with Gasteiger partial charge in [-0.3, -0.25) is 4.90 Å². The second-order valence-corrected chi connectivity index (χ2v) is 7.30. The number of alkyl halides is 2. The van der Waals surface area contributed by atoms with Crippen molar-refractivity contribution in [3.05, 3.63) is 0 Å². The maximum atomic E-state index is 12.9. The van der Waals surface area contributed by atoms with Gasteiger partial charge in [-0.05, 0) is 12.8 Å². The molecule has 0 aromatic carbocycles. The number of unbranched alkanes of at least 4 members (excludes halogenated alkanes) is 7. The van der Waals surface area contributed by atoms with Crippen molar-refractivity contribution in [3.8, 4) is 0 Å². The van der Waals surface area contributed by atoms with E-state index in [1.807, 2.05) is 0 Å². The summed E-state index contributed by atoms with van der Waals surface area (Å²) in [5.41, 5.74) is 0. The fourth-order valence-electron chi connectivity index (χ4n) is 3.82. The summed E-state index contributed by atoms with van der Waals surface area (Å²) in [4.78, 5) is 2.36. The molecule has 1 aliphatic rings. The van der Waals surface area contributed by atoms with E-state index >= 15 is 0 Å². The lowest BCUT2D eigenvalue weighted by atomic mass is 9.97. The lowest BCUT2D eigenvalue weighted by molar-refractivity contribution is -0.0530. The van der Waals surface area contributed by atoms with Crippen LogP contribution in [0.4, 0.5) is 8.78 Å². The van der Waals surface area contributed by atoms with Crippen LogP contribution in [0, 0.1) is 0 Å². The van der Waals surface area contributed by atoms with Gasteiger partial charge in [-0.15, -0.1) is 0 Å². The van der Waals surface area contributed by atoms with Crippen LogP contribution in [0.3, 0.4) is 0 Å². The van der Waals surface area contributed by atoms with E-state index in [4.69, 9.17) is 4.74 Å². The molecule has 0 N–H and O–H groups in total. The summed E-state index contributed by atoms with van der Waals surface area (Å²) in [6.45, 7) is 6.46. The molecule has 0 saturated carbocycles. The third-order valence-corrected chi connectivity index (χ3v) is 5.22.